The highest BCUT2D eigenvalue weighted by Gasteiger charge is 2.08. The third-order valence-electron chi connectivity index (χ3n) is 2.50. The zero-order valence-corrected chi connectivity index (χ0v) is 12.1. The fourth-order valence-corrected chi connectivity index (χ4v) is 1.93. The van der Waals surface area contributed by atoms with Gasteiger partial charge in [-0.1, -0.05) is 22.0 Å². The van der Waals surface area contributed by atoms with Crippen molar-refractivity contribution in [3.8, 4) is 0 Å². The minimum atomic E-state index is -0.292. The van der Waals surface area contributed by atoms with Crippen LogP contribution < -0.4 is 10.6 Å². The standard InChI is InChI=1S/C13H13BrN4O2/c14-10-3-1-2-9(6-10)13(20)18-8-12(19)17-7-11-15-4-5-16-11/h1-6H,7-8H2,(H,15,16)(H,17,19)(H,18,20). The van der Waals surface area contributed by atoms with Crippen LogP contribution in [-0.2, 0) is 11.3 Å². The zero-order chi connectivity index (χ0) is 14.4. The first kappa shape index (κ1) is 14.3. The van der Waals surface area contributed by atoms with E-state index in [1.54, 1.807) is 30.6 Å². The van der Waals surface area contributed by atoms with E-state index >= 15 is 0 Å². The maximum Gasteiger partial charge on any atom is 0.251 e. The highest BCUT2D eigenvalue weighted by Crippen LogP contribution is 2.11. The highest BCUT2D eigenvalue weighted by atomic mass is 79.9. The second-order valence-corrected chi connectivity index (χ2v) is 4.92. The summed E-state index contributed by atoms with van der Waals surface area (Å²) in [6, 6.07) is 6.96. The number of hydrogen-bond acceptors (Lipinski definition) is 3. The Morgan fingerprint density at radius 3 is 2.85 bits per heavy atom. The number of rotatable bonds is 5. The van der Waals surface area contributed by atoms with Crippen LogP contribution in [0.1, 0.15) is 16.2 Å². The molecule has 6 nitrogen and oxygen atoms in total. The molecule has 0 fully saturated rings. The van der Waals surface area contributed by atoms with Crippen molar-refractivity contribution in [3.63, 3.8) is 0 Å². The van der Waals surface area contributed by atoms with Crippen molar-refractivity contribution in [1.29, 1.82) is 0 Å². The molecule has 20 heavy (non-hydrogen) atoms. The predicted octanol–water partition coefficient (Wildman–Crippen LogP) is 1.22. The summed E-state index contributed by atoms with van der Waals surface area (Å²) >= 11 is 3.29. The topological polar surface area (TPSA) is 86.9 Å². The van der Waals surface area contributed by atoms with Crippen LogP contribution in [0.3, 0.4) is 0 Å². The number of halogens is 1. The molecule has 7 heteroatoms. The lowest BCUT2D eigenvalue weighted by Crippen LogP contribution is -2.36. The molecule has 1 aromatic carbocycles. The maximum atomic E-state index is 11.8. The van der Waals surface area contributed by atoms with Crippen molar-refractivity contribution in [2.75, 3.05) is 6.54 Å². The number of aromatic nitrogens is 2. The van der Waals surface area contributed by atoms with Gasteiger partial charge in [-0.25, -0.2) is 4.98 Å². The van der Waals surface area contributed by atoms with Crippen LogP contribution in [0.5, 0.6) is 0 Å². The number of imidazole rings is 1. The molecule has 1 aromatic heterocycles. The molecule has 2 amide bonds. The average molecular weight is 337 g/mol. The molecule has 0 saturated heterocycles. The van der Waals surface area contributed by atoms with Gasteiger partial charge in [0.1, 0.15) is 5.82 Å². The van der Waals surface area contributed by atoms with Crippen LogP contribution in [0.25, 0.3) is 0 Å². The summed E-state index contributed by atoms with van der Waals surface area (Å²) in [5.41, 5.74) is 0.498. The van der Waals surface area contributed by atoms with E-state index in [1.807, 2.05) is 6.07 Å². The number of amides is 2. The van der Waals surface area contributed by atoms with Gasteiger partial charge in [0.05, 0.1) is 13.1 Å². The first-order valence-electron chi connectivity index (χ1n) is 5.94. The van der Waals surface area contributed by atoms with Crippen molar-refractivity contribution in [1.82, 2.24) is 20.6 Å². The zero-order valence-electron chi connectivity index (χ0n) is 10.5. The van der Waals surface area contributed by atoms with E-state index in [1.165, 1.54) is 0 Å². The van der Waals surface area contributed by atoms with Gasteiger partial charge in [0.2, 0.25) is 5.91 Å². The summed E-state index contributed by atoms with van der Waals surface area (Å²) < 4.78 is 0.812. The van der Waals surface area contributed by atoms with Crippen LogP contribution in [0.2, 0.25) is 0 Å². The van der Waals surface area contributed by atoms with Crippen LogP contribution in [0.4, 0.5) is 0 Å². The Bertz CT molecular complexity index is 598. The second kappa shape index (κ2) is 6.85. The average Bonchev–Trinajstić information content (AvgIpc) is 2.95. The Morgan fingerprint density at radius 2 is 2.15 bits per heavy atom. The van der Waals surface area contributed by atoms with Crippen LogP contribution >= 0.6 is 15.9 Å². The molecule has 1 heterocycles. The molecule has 0 aliphatic rings. The van der Waals surface area contributed by atoms with E-state index in [0.29, 0.717) is 17.9 Å². The third kappa shape index (κ3) is 4.20. The summed E-state index contributed by atoms with van der Waals surface area (Å²) in [5, 5.41) is 5.20. The molecule has 0 aliphatic heterocycles. The largest absolute Gasteiger partial charge is 0.347 e. The first-order valence-corrected chi connectivity index (χ1v) is 6.73. The van der Waals surface area contributed by atoms with E-state index in [-0.39, 0.29) is 18.4 Å². The van der Waals surface area contributed by atoms with Gasteiger partial charge in [-0.2, -0.15) is 0 Å². The molecule has 0 unspecified atom stereocenters. The van der Waals surface area contributed by atoms with E-state index in [4.69, 9.17) is 0 Å². The Labute approximate surface area is 124 Å². The van der Waals surface area contributed by atoms with E-state index < -0.39 is 0 Å². The molecular weight excluding hydrogens is 324 g/mol. The molecular formula is C13H13BrN4O2. The van der Waals surface area contributed by atoms with Crippen molar-refractivity contribution >= 4 is 27.7 Å². The van der Waals surface area contributed by atoms with Crippen molar-refractivity contribution in [2.45, 2.75) is 6.54 Å². The monoisotopic (exact) mass is 336 g/mol. The van der Waals surface area contributed by atoms with Gasteiger partial charge in [0.25, 0.3) is 5.91 Å². The van der Waals surface area contributed by atoms with Gasteiger partial charge < -0.3 is 15.6 Å². The summed E-state index contributed by atoms with van der Waals surface area (Å²) in [6.07, 6.45) is 3.28. The van der Waals surface area contributed by atoms with Crippen molar-refractivity contribution in [2.24, 2.45) is 0 Å². The molecule has 0 bridgehead atoms. The second-order valence-electron chi connectivity index (χ2n) is 4.01. The maximum absolute atomic E-state index is 11.8. The minimum Gasteiger partial charge on any atom is -0.347 e. The van der Waals surface area contributed by atoms with Gasteiger partial charge in [-0.05, 0) is 18.2 Å². The number of aromatic amines is 1. The van der Waals surface area contributed by atoms with Crippen molar-refractivity contribution < 1.29 is 9.59 Å². The Kier molecular flexibility index (Phi) is 4.89. The number of carbonyl (C=O) groups is 2. The normalized spacial score (nSPS) is 10.1. The lowest BCUT2D eigenvalue weighted by atomic mass is 10.2. The molecule has 2 rings (SSSR count). The third-order valence-corrected chi connectivity index (χ3v) is 3.00. The number of nitrogens with zero attached hydrogens (tertiary/aromatic N) is 1. The fourth-order valence-electron chi connectivity index (χ4n) is 1.53. The van der Waals surface area contributed by atoms with Crippen LogP contribution in [0, 0.1) is 0 Å². The van der Waals surface area contributed by atoms with E-state index in [9.17, 15) is 9.59 Å². The Balaban J connectivity index is 1.77. The van der Waals surface area contributed by atoms with Gasteiger partial charge in [-0.15, -0.1) is 0 Å². The van der Waals surface area contributed by atoms with E-state index in [2.05, 4.69) is 36.5 Å². The quantitative estimate of drug-likeness (QED) is 0.767. The lowest BCUT2D eigenvalue weighted by molar-refractivity contribution is -0.120. The number of nitrogens with one attached hydrogen (secondary N) is 3. The van der Waals surface area contributed by atoms with Gasteiger partial charge >= 0.3 is 0 Å². The SMILES string of the molecule is O=C(CNC(=O)c1cccc(Br)c1)NCc1ncc[nH]1. The molecule has 0 radical (unpaired) electrons. The molecule has 3 N–H and O–H groups in total. The van der Waals surface area contributed by atoms with Crippen LogP contribution in [0.15, 0.2) is 41.1 Å². The van der Waals surface area contributed by atoms with Gasteiger partial charge in [-0.3, -0.25) is 9.59 Å². The predicted molar refractivity (Wildman–Crippen MR) is 76.9 cm³/mol. The number of carbonyl (C=O) groups excluding carboxylic acids is 2. The minimum absolute atomic E-state index is 0.0773. The molecule has 0 saturated carbocycles. The Hall–Kier alpha value is -2.15. The van der Waals surface area contributed by atoms with E-state index in [0.717, 1.165) is 4.47 Å². The van der Waals surface area contributed by atoms with Gasteiger partial charge in [0.15, 0.2) is 0 Å². The summed E-state index contributed by atoms with van der Waals surface area (Å²) in [7, 11) is 0. The summed E-state index contributed by atoms with van der Waals surface area (Å²) in [5.74, 6) is 0.0980. The van der Waals surface area contributed by atoms with Crippen LogP contribution in [-0.4, -0.2) is 28.3 Å². The Morgan fingerprint density at radius 1 is 1.30 bits per heavy atom. The molecule has 0 spiro atoms. The highest BCUT2D eigenvalue weighted by molar-refractivity contribution is 9.10. The summed E-state index contributed by atoms with van der Waals surface area (Å²) in [4.78, 5) is 30.2. The smallest absolute Gasteiger partial charge is 0.251 e. The number of hydrogen-bond donors (Lipinski definition) is 3. The first-order chi connectivity index (χ1) is 9.65. The lowest BCUT2D eigenvalue weighted by Gasteiger charge is -2.06. The fraction of sp³-hybridized carbons (Fsp3) is 0.154. The molecule has 2 aromatic rings. The van der Waals surface area contributed by atoms with Crippen molar-refractivity contribution in [3.05, 3.63) is 52.5 Å². The number of H-pyrrole nitrogens is 1. The molecule has 0 atom stereocenters. The number of benzene rings is 1. The molecule has 104 valence electrons. The summed E-state index contributed by atoms with van der Waals surface area (Å²) in [6.45, 7) is 0.227. The molecule has 0 aliphatic carbocycles. The van der Waals surface area contributed by atoms with Gasteiger partial charge in [0, 0.05) is 22.4 Å².